The molecule has 0 N–H and O–H groups in total. The van der Waals surface area contributed by atoms with Crippen molar-refractivity contribution in [3.63, 3.8) is 0 Å². The fraction of sp³-hybridized carbons (Fsp3) is 0.529. The van der Waals surface area contributed by atoms with Crippen molar-refractivity contribution in [1.82, 2.24) is 4.90 Å². The minimum atomic E-state index is 0.513. The summed E-state index contributed by atoms with van der Waals surface area (Å²) in [6.07, 6.45) is 4.62. The van der Waals surface area contributed by atoms with E-state index < -0.39 is 0 Å². The smallest absolute Gasteiger partial charge is 0.0594 e. The lowest BCUT2D eigenvalue weighted by Crippen LogP contribution is -2.43. The number of ether oxygens (including phenoxy) is 1. The average molecular weight is 294 g/mol. The highest BCUT2D eigenvalue weighted by molar-refractivity contribution is 6.30. The van der Waals surface area contributed by atoms with Crippen LogP contribution in [0.1, 0.15) is 25.8 Å². The van der Waals surface area contributed by atoms with Crippen molar-refractivity contribution < 1.29 is 4.74 Å². The summed E-state index contributed by atoms with van der Waals surface area (Å²) in [7, 11) is 0. The van der Waals surface area contributed by atoms with Crippen molar-refractivity contribution in [3.8, 4) is 0 Å². The van der Waals surface area contributed by atoms with Gasteiger partial charge in [-0.1, -0.05) is 35.4 Å². The van der Waals surface area contributed by atoms with E-state index in [0.717, 1.165) is 44.2 Å². The average Bonchev–Trinajstić information content (AvgIpc) is 2.46. The number of hydrogen-bond acceptors (Lipinski definition) is 2. The van der Waals surface area contributed by atoms with E-state index in [4.69, 9.17) is 16.3 Å². The molecule has 2 rings (SSSR count). The van der Waals surface area contributed by atoms with Crippen LogP contribution in [0.5, 0.6) is 0 Å². The van der Waals surface area contributed by atoms with Crippen LogP contribution in [0.25, 0.3) is 0 Å². The van der Waals surface area contributed by atoms with Crippen LogP contribution in [-0.2, 0) is 11.2 Å². The molecule has 0 radical (unpaired) electrons. The molecule has 0 spiro atoms. The highest BCUT2D eigenvalue weighted by Crippen LogP contribution is 2.16. The van der Waals surface area contributed by atoms with E-state index in [1.165, 1.54) is 11.1 Å². The molecule has 1 fully saturated rings. The van der Waals surface area contributed by atoms with Crippen molar-refractivity contribution >= 4 is 11.6 Å². The highest BCUT2D eigenvalue weighted by atomic mass is 35.5. The maximum Gasteiger partial charge on any atom is 0.0594 e. The summed E-state index contributed by atoms with van der Waals surface area (Å²) in [5, 5.41) is 0.808. The van der Waals surface area contributed by atoms with Gasteiger partial charge in [-0.05, 0) is 44.4 Å². The van der Waals surface area contributed by atoms with Crippen LogP contribution in [0.2, 0.25) is 5.02 Å². The summed E-state index contributed by atoms with van der Waals surface area (Å²) >= 11 is 5.93. The van der Waals surface area contributed by atoms with E-state index in [9.17, 15) is 0 Å². The van der Waals surface area contributed by atoms with Gasteiger partial charge in [0.2, 0.25) is 0 Å². The van der Waals surface area contributed by atoms with Gasteiger partial charge in [0.05, 0.1) is 13.2 Å². The fourth-order valence-corrected chi connectivity index (χ4v) is 2.76. The first-order chi connectivity index (χ1) is 9.65. The first-order valence-corrected chi connectivity index (χ1v) is 7.74. The largest absolute Gasteiger partial charge is 0.379 e. The van der Waals surface area contributed by atoms with Gasteiger partial charge in [-0.15, -0.1) is 0 Å². The standard InChI is InChI=1S/C17H24ClNO/c1-14(2)13-17(19-9-11-20-12-10-19)8-5-15-3-6-16(18)7-4-15/h3-4,6-7,13,17H,5,8-12H2,1-2H3. The molecule has 1 aliphatic rings. The quantitative estimate of drug-likeness (QED) is 0.763. The van der Waals surface area contributed by atoms with Gasteiger partial charge < -0.3 is 4.74 Å². The molecule has 0 saturated carbocycles. The second kappa shape index (κ2) is 7.82. The summed E-state index contributed by atoms with van der Waals surface area (Å²) in [6.45, 7) is 8.14. The first kappa shape index (κ1) is 15.6. The van der Waals surface area contributed by atoms with Gasteiger partial charge in [0.15, 0.2) is 0 Å². The molecular formula is C17H24ClNO. The Labute approximate surface area is 127 Å². The predicted molar refractivity (Wildman–Crippen MR) is 85.4 cm³/mol. The highest BCUT2D eigenvalue weighted by Gasteiger charge is 2.18. The summed E-state index contributed by atoms with van der Waals surface area (Å²) in [5.74, 6) is 0. The Kier molecular flexibility index (Phi) is 6.08. The van der Waals surface area contributed by atoms with Crippen LogP contribution in [0.3, 0.4) is 0 Å². The Morgan fingerprint density at radius 1 is 1.25 bits per heavy atom. The van der Waals surface area contributed by atoms with Crippen molar-refractivity contribution in [2.75, 3.05) is 26.3 Å². The zero-order valence-electron chi connectivity index (χ0n) is 12.4. The van der Waals surface area contributed by atoms with Gasteiger partial charge in [-0.3, -0.25) is 4.90 Å². The minimum Gasteiger partial charge on any atom is -0.379 e. The van der Waals surface area contributed by atoms with Crippen LogP contribution >= 0.6 is 11.6 Å². The Morgan fingerprint density at radius 2 is 1.90 bits per heavy atom. The topological polar surface area (TPSA) is 12.5 Å². The maximum atomic E-state index is 5.93. The molecule has 1 aliphatic heterocycles. The van der Waals surface area contributed by atoms with Gasteiger partial charge in [-0.2, -0.15) is 0 Å². The van der Waals surface area contributed by atoms with Crippen molar-refractivity contribution in [2.24, 2.45) is 0 Å². The predicted octanol–water partition coefficient (Wildman–Crippen LogP) is 3.94. The normalized spacial score (nSPS) is 17.8. The van der Waals surface area contributed by atoms with Crippen LogP contribution < -0.4 is 0 Å². The number of morpholine rings is 1. The minimum absolute atomic E-state index is 0.513. The number of nitrogens with zero attached hydrogens (tertiary/aromatic N) is 1. The number of halogens is 1. The van der Waals surface area contributed by atoms with Gasteiger partial charge >= 0.3 is 0 Å². The van der Waals surface area contributed by atoms with E-state index in [-0.39, 0.29) is 0 Å². The number of benzene rings is 1. The van der Waals surface area contributed by atoms with E-state index >= 15 is 0 Å². The molecule has 1 saturated heterocycles. The SMILES string of the molecule is CC(C)=CC(CCc1ccc(Cl)cc1)N1CCOCC1. The summed E-state index contributed by atoms with van der Waals surface area (Å²) in [6, 6.07) is 8.71. The second-order valence-electron chi connectivity index (χ2n) is 5.62. The van der Waals surface area contributed by atoms with Gasteiger partial charge in [0.1, 0.15) is 0 Å². The Morgan fingerprint density at radius 3 is 2.50 bits per heavy atom. The van der Waals surface area contributed by atoms with Gasteiger partial charge in [0.25, 0.3) is 0 Å². The number of aryl methyl sites for hydroxylation is 1. The molecule has 20 heavy (non-hydrogen) atoms. The molecule has 1 aromatic rings. The number of allylic oxidation sites excluding steroid dienone is 1. The molecule has 1 unspecified atom stereocenters. The zero-order chi connectivity index (χ0) is 14.4. The lowest BCUT2D eigenvalue weighted by molar-refractivity contribution is 0.0241. The van der Waals surface area contributed by atoms with E-state index in [1.54, 1.807) is 0 Å². The Bertz CT molecular complexity index is 431. The van der Waals surface area contributed by atoms with Crippen LogP contribution in [-0.4, -0.2) is 37.2 Å². The van der Waals surface area contributed by atoms with Crippen LogP contribution in [0.4, 0.5) is 0 Å². The zero-order valence-corrected chi connectivity index (χ0v) is 13.2. The third-order valence-corrected chi connectivity index (χ3v) is 3.93. The molecule has 1 heterocycles. The van der Waals surface area contributed by atoms with Crippen LogP contribution in [0.15, 0.2) is 35.9 Å². The van der Waals surface area contributed by atoms with Crippen molar-refractivity contribution in [3.05, 3.63) is 46.5 Å². The molecule has 0 aromatic heterocycles. The lowest BCUT2D eigenvalue weighted by atomic mass is 10.0. The Balaban J connectivity index is 1.96. The summed E-state index contributed by atoms with van der Waals surface area (Å²) in [4.78, 5) is 2.53. The lowest BCUT2D eigenvalue weighted by Gasteiger charge is -2.33. The molecule has 1 aromatic carbocycles. The summed E-state index contributed by atoms with van der Waals surface area (Å²) < 4.78 is 5.45. The molecule has 0 bridgehead atoms. The number of rotatable bonds is 5. The maximum absolute atomic E-state index is 5.93. The fourth-order valence-electron chi connectivity index (χ4n) is 2.63. The second-order valence-corrected chi connectivity index (χ2v) is 6.06. The van der Waals surface area contributed by atoms with E-state index in [2.05, 4.69) is 37.0 Å². The molecule has 3 heteroatoms. The van der Waals surface area contributed by atoms with E-state index in [0.29, 0.717) is 6.04 Å². The Hall–Kier alpha value is -0.830. The number of hydrogen-bond donors (Lipinski definition) is 0. The molecule has 0 aliphatic carbocycles. The van der Waals surface area contributed by atoms with Crippen LogP contribution in [0, 0.1) is 0 Å². The first-order valence-electron chi connectivity index (χ1n) is 7.36. The third-order valence-electron chi connectivity index (χ3n) is 3.68. The molecule has 0 amide bonds. The van der Waals surface area contributed by atoms with Crippen molar-refractivity contribution in [2.45, 2.75) is 32.7 Å². The van der Waals surface area contributed by atoms with Crippen molar-refractivity contribution in [1.29, 1.82) is 0 Å². The monoisotopic (exact) mass is 293 g/mol. The van der Waals surface area contributed by atoms with Gasteiger partial charge in [0, 0.05) is 24.2 Å². The van der Waals surface area contributed by atoms with Gasteiger partial charge in [-0.25, -0.2) is 0 Å². The molecule has 1 atom stereocenters. The molecule has 2 nitrogen and oxygen atoms in total. The third kappa shape index (κ3) is 4.93. The summed E-state index contributed by atoms with van der Waals surface area (Å²) in [5.41, 5.74) is 2.74. The molecular weight excluding hydrogens is 270 g/mol. The molecule has 110 valence electrons. The van der Waals surface area contributed by atoms with E-state index in [1.807, 2.05) is 12.1 Å².